The molecular formula is C11H23F2N. The van der Waals surface area contributed by atoms with Crippen LogP contribution in [0.5, 0.6) is 0 Å². The highest BCUT2D eigenvalue weighted by Crippen LogP contribution is 2.35. The number of halogens is 2. The summed E-state index contributed by atoms with van der Waals surface area (Å²) in [5.74, 6) is 0.162. The minimum absolute atomic E-state index is 0.0190. The average Bonchev–Trinajstić information content (AvgIpc) is 2.04. The molecule has 1 aliphatic rings. The molecule has 0 radical (unpaired) electrons. The van der Waals surface area contributed by atoms with Gasteiger partial charge in [-0.05, 0) is 26.2 Å². The first kappa shape index (κ1) is 13.8. The molecule has 0 aromatic heterocycles. The van der Waals surface area contributed by atoms with E-state index in [0.717, 1.165) is 6.42 Å². The Balaban J connectivity index is 0.000000791. The Morgan fingerprint density at radius 3 is 2.14 bits per heavy atom. The first-order valence-corrected chi connectivity index (χ1v) is 5.58. The Bertz CT molecular complexity index is 157. The lowest BCUT2D eigenvalue weighted by Gasteiger charge is -2.40. The van der Waals surface area contributed by atoms with Crippen LogP contribution in [0, 0.1) is 5.92 Å². The molecule has 0 aromatic rings. The summed E-state index contributed by atoms with van der Waals surface area (Å²) in [6.07, 6.45) is 0.916. The van der Waals surface area contributed by atoms with Crippen molar-refractivity contribution >= 4 is 0 Å². The van der Waals surface area contributed by atoms with E-state index < -0.39 is 6.05 Å². The molecule has 0 spiro atoms. The van der Waals surface area contributed by atoms with Crippen LogP contribution in [0.3, 0.4) is 0 Å². The molecule has 0 amide bonds. The predicted octanol–water partition coefficient (Wildman–Crippen LogP) is 3.75. The van der Waals surface area contributed by atoms with Crippen molar-refractivity contribution in [3.63, 3.8) is 0 Å². The molecule has 0 aliphatic carbocycles. The largest absolute Gasteiger partial charge is 0.305 e. The standard InChI is InChI=1S/C9H17F2N.C2H6/c1-7(2)12-5-4-8(3)6-9(12,10)11;1-2/h7-8H,4-6H2,1-3H3;1-2H3. The van der Waals surface area contributed by atoms with E-state index in [2.05, 4.69) is 0 Å². The highest BCUT2D eigenvalue weighted by Gasteiger charge is 2.42. The van der Waals surface area contributed by atoms with Crippen molar-refractivity contribution < 1.29 is 8.78 Å². The number of hydrogen-bond acceptors (Lipinski definition) is 1. The summed E-state index contributed by atoms with van der Waals surface area (Å²) in [4.78, 5) is 1.30. The molecule has 1 atom stereocenters. The minimum atomic E-state index is -2.58. The van der Waals surface area contributed by atoms with Gasteiger partial charge in [-0.2, -0.15) is 8.78 Å². The number of rotatable bonds is 1. The Morgan fingerprint density at radius 2 is 1.79 bits per heavy atom. The van der Waals surface area contributed by atoms with Gasteiger partial charge < -0.3 is 0 Å². The van der Waals surface area contributed by atoms with E-state index in [1.54, 1.807) is 0 Å². The third-order valence-electron chi connectivity index (χ3n) is 2.50. The molecule has 14 heavy (non-hydrogen) atoms. The van der Waals surface area contributed by atoms with Crippen LogP contribution < -0.4 is 0 Å². The Hall–Kier alpha value is -0.180. The maximum Gasteiger partial charge on any atom is 0.305 e. The lowest BCUT2D eigenvalue weighted by molar-refractivity contribution is -0.190. The second-order valence-corrected chi connectivity index (χ2v) is 4.05. The van der Waals surface area contributed by atoms with Crippen molar-refractivity contribution in [3.05, 3.63) is 0 Å². The molecule has 1 unspecified atom stereocenters. The third-order valence-corrected chi connectivity index (χ3v) is 2.50. The molecule has 1 aliphatic heterocycles. The normalized spacial score (nSPS) is 27.0. The lowest BCUT2D eigenvalue weighted by Crippen LogP contribution is -2.50. The number of alkyl halides is 2. The van der Waals surface area contributed by atoms with E-state index in [0.29, 0.717) is 6.54 Å². The van der Waals surface area contributed by atoms with Crippen molar-refractivity contribution in [1.82, 2.24) is 4.90 Å². The second kappa shape index (κ2) is 5.64. The van der Waals surface area contributed by atoms with Crippen LogP contribution in [0.2, 0.25) is 0 Å². The van der Waals surface area contributed by atoms with Gasteiger partial charge in [0.1, 0.15) is 0 Å². The molecule has 1 rings (SSSR count). The van der Waals surface area contributed by atoms with Gasteiger partial charge in [-0.25, -0.2) is 4.90 Å². The van der Waals surface area contributed by atoms with Crippen LogP contribution >= 0.6 is 0 Å². The van der Waals surface area contributed by atoms with Crippen molar-refractivity contribution in [2.75, 3.05) is 6.54 Å². The van der Waals surface area contributed by atoms with Gasteiger partial charge >= 0.3 is 6.05 Å². The van der Waals surface area contributed by atoms with E-state index in [1.807, 2.05) is 34.6 Å². The topological polar surface area (TPSA) is 3.24 Å². The number of nitrogens with zero attached hydrogens (tertiary/aromatic N) is 1. The molecule has 1 heterocycles. The molecule has 3 heteroatoms. The number of piperidine rings is 1. The maximum atomic E-state index is 13.3. The van der Waals surface area contributed by atoms with Gasteiger partial charge in [0.05, 0.1) is 0 Å². The fourth-order valence-electron chi connectivity index (χ4n) is 1.80. The van der Waals surface area contributed by atoms with Crippen LogP contribution in [-0.2, 0) is 0 Å². The zero-order chi connectivity index (χ0) is 11.4. The number of hydrogen-bond donors (Lipinski definition) is 0. The molecule has 86 valence electrons. The highest BCUT2D eigenvalue weighted by atomic mass is 19.3. The van der Waals surface area contributed by atoms with Crippen molar-refractivity contribution in [2.45, 2.75) is 59.5 Å². The molecule has 1 nitrogen and oxygen atoms in total. The minimum Gasteiger partial charge on any atom is -0.242 e. The summed E-state index contributed by atoms with van der Waals surface area (Å²) in [6, 6.07) is -2.63. The molecule has 0 N–H and O–H groups in total. The van der Waals surface area contributed by atoms with Crippen LogP contribution in [0.1, 0.15) is 47.5 Å². The molecule has 1 fully saturated rings. The van der Waals surface area contributed by atoms with E-state index in [-0.39, 0.29) is 18.4 Å². The second-order valence-electron chi connectivity index (χ2n) is 4.05. The molecule has 1 saturated heterocycles. The summed E-state index contributed by atoms with van der Waals surface area (Å²) < 4.78 is 26.6. The molecule has 0 saturated carbocycles. The van der Waals surface area contributed by atoms with Crippen LogP contribution in [0.25, 0.3) is 0 Å². The van der Waals surface area contributed by atoms with Gasteiger partial charge in [0.25, 0.3) is 0 Å². The smallest absolute Gasteiger partial charge is 0.242 e. The summed E-state index contributed by atoms with van der Waals surface area (Å²) in [5.41, 5.74) is 0. The van der Waals surface area contributed by atoms with E-state index in [1.165, 1.54) is 4.90 Å². The zero-order valence-corrected chi connectivity index (χ0v) is 9.98. The summed E-state index contributed by atoms with van der Waals surface area (Å²) in [7, 11) is 0. The Kier molecular flexibility index (Phi) is 5.57. The van der Waals surface area contributed by atoms with E-state index in [9.17, 15) is 8.78 Å². The Labute approximate surface area is 86.5 Å². The number of likely N-dealkylation sites (tertiary alicyclic amines) is 1. The monoisotopic (exact) mass is 207 g/mol. The quantitative estimate of drug-likeness (QED) is 0.592. The maximum absolute atomic E-state index is 13.3. The summed E-state index contributed by atoms with van der Waals surface area (Å²) in [5, 5.41) is 0. The molecule has 0 bridgehead atoms. The van der Waals surface area contributed by atoms with E-state index >= 15 is 0 Å². The predicted molar refractivity (Wildman–Crippen MR) is 56.5 cm³/mol. The van der Waals surface area contributed by atoms with Gasteiger partial charge in [-0.1, -0.05) is 20.8 Å². The average molecular weight is 207 g/mol. The van der Waals surface area contributed by atoms with E-state index in [4.69, 9.17) is 0 Å². The first-order valence-electron chi connectivity index (χ1n) is 5.58. The Morgan fingerprint density at radius 1 is 1.29 bits per heavy atom. The van der Waals surface area contributed by atoms with Crippen molar-refractivity contribution in [2.24, 2.45) is 5.92 Å². The van der Waals surface area contributed by atoms with Crippen LogP contribution in [-0.4, -0.2) is 23.5 Å². The fourth-order valence-corrected chi connectivity index (χ4v) is 1.80. The van der Waals surface area contributed by atoms with Crippen molar-refractivity contribution in [3.8, 4) is 0 Å². The van der Waals surface area contributed by atoms with Crippen LogP contribution in [0.4, 0.5) is 8.78 Å². The fraction of sp³-hybridized carbons (Fsp3) is 1.00. The highest BCUT2D eigenvalue weighted by molar-refractivity contribution is 4.81. The van der Waals surface area contributed by atoms with Gasteiger partial charge in [-0.3, -0.25) is 0 Å². The van der Waals surface area contributed by atoms with Gasteiger partial charge in [0.2, 0.25) is 0 Å². The molecule has 0 aromatic carbocycles. The lowest BCUT2D eigenvalue weighted by atomic mass is 9.96. The summed E-state index contributed by atoms with van der Waals surface area (Å²) >= 11 is 0. The van der Waals surface area contributed by atoms with Gasteiger partial charge in [0, 0.05) is 19.0 Å². The van der Waals surface area contributed by atoms with Crippen LogP contribution in [0.15, 0.2) is 0 Å². The first-order chi connectivity index (χ1) is 6.43. The van der Waals surface area contributed by atoms with Gasteiger partial charge in [0.15, 0.2) is 0 Å². The SMILES string of the molecule is CC.CC1CCN(C(C)C)C(F)(F)C1. The van der Waals surface area contributed by atoms with Gasteiger partial charge in [-0.15, -0.1) is 0 Å². The molecular weight excluding hydrogens is 184 g/mol. The summed E-state index contributed by atoms with van der Waals surface area (Å²) in [6.45, 7) is 10.1. The van der Waals surface area contributed by atoms with Crippen molar-refractivity contribution in [1.29, 1.82) is 0 Å². The zero-order valence-electron chi connectivity index (χ0n) is 9.98. The third kappa shape index (κ3) is 3.52.